The summed E-state index contributed by atoms with van der Waals surface area (Å²) in [6, 6.07) is 48.4. The molecule has 0 fully saturated rings. The van der Waals surface area contributed by atoms with Crippen molar-refractivity contribution >= 4 is 76.1 Å². The molecule has 9 aromatic rings. The van der Waals surface area contributed by atoms with Crippen LogP contribution in [0.3, 0.4) is 0 Å². The Balaban J connectivity index is 0.00000449. The summed E-state index contributed by atoms with van der Waals surface area (Å²) in [7, 11) is 0. The standard InChI is InChI=1S/C52H45N4OS.Pt/c1-32-26-35(52(6,7)8)27-33(2)49(32)55-31-54(41-21-12-13-22-42(41)55)36-16-15-17-37(29-36)57-44-30-43-47(48-39-19-10-14-23-45(39)58-50(44)48)38-18-9-11-20-40(38)56(43)46-28-34(24-25-53-46)51(3,4)5;/h9-28,31H,1-8H3;/q-3;. The van der Waals surface area contributed by atoms with Crippen LogP contribution >= 0.6 is 11.3 Å². The van der Waals surface area contributed by atoms with Crippen molar-refractivity contribution in [2.24, 2.45) is 0 Å². The molecule has 10 rings (SSSR count). The van der Waals surface area contributed by atoms with Gasteiger partial charge in [0, 0.05) is 66.0 Å². The largest absolute Gasteiger partial charge is 0.508 e. The van der Waals surface area contributed by atoms with Gasteiger partial charge in [0.1, 0.15) is 5.82 Å². The summed E-state index contributed by atoms with van der Waals surface area (Å²) in [4.78, 5) is 9.48. The van der Waals surface area contributed by atoms with Crippen molar-refractivity contribution in [1.29, 1.82) is 0 Å². The van der Waals surface area contributed by atoms with Gasteiger partial charge >= 0.3 is 0 Å². The smallest absolute Gasteiger partial charge is 0.135 e. The number of rotatable bonds is 5. The van der Waals surface area contributed by atoms with Crippen LogP contribution in [0.5, 0.6) is 11.5 Å². The Morgan fingerprint density at radius 3 is 2.05 bits per heavy atom. The first kappa shape index (κ1) is 39.1. The third kappa shape index (κ3) is 6.52. The van der Waals surface area contributed by atoms with E-state index in [1.165, 1.54) is 43.4 Å². The second-order valence-electron chi connectivity index (χ2n) is 17.5. The van der Waals surface area contributed by atoms with E-state index in [9.17, 15) is 0 Å². The van der Waals surface area contributed by atoms with Crippen LogP contribution in [0.15, 0.2) is 121 Å². The number of hydrogen-bond acceptors (Lipinski definition) is 5. The van der Waals surface area contributed by atoms with E-state index in [1.54, 1.807) is 11.3 Å². The summed E-state index contributed by atoms with van der Waals surface area (Å²) in [6.45, 7) is 20.2. The number of pyridine rings is 1. The second kappa shape index (κ2) is 14.4. The Bertz CT molecular complexity index is 3070. The van der Waals surface area contributed by atoms with E-state index in [1.807, 2.05) is 12.3 Å². The fraction of sp³-hybridized carbons (Fsp3) is 0.192. The van der Waals surface area contributed by atoms with Crippen LogP contribution < -0.4 is 14.5 Å². The van der Waals surface area contributed by atoms with Crippen molar-refractivity contribution in [3.8, 4) is 17.3 Å². The van der Waals surface area contributed by atoms with E-state index in [4.69, 9.17) is 9.72 Å². The fourth-order valence-corrected chi connectivity index (χ4v) is 9.69. The van der Waals surface area contributed by atoms with E-state index in [0.717, 1.165) is 49.4 Å². The van der Waals surface area contributed by atoms with Gasteiger partial charge in [-0.1, -0.05) is 118 Å². The molecule has 7 heteroatoms. The van der Waals surface area contributed by atoms with Gasteiger partial charge in [-0.05, 0) is 98.8 Å². The minimum Gasteiger partial charge on any atom is -0.508 e. The quantitative estimate of drug-likeness (QED) is 0.161. The fourth-order valence-electron chi connectivity index (χ4n) is 8.54. The summed E-state index contributed by atoms with van der Waals surface area (Å²) >= 11 is 1.75. The third-order valence-corrected chi connectivity index (χ3v) is 12.6. The van der Waals surface area contributed by atoms with Crippen LogP contribution in [0, 0.1) is 32.6 Å². The molecule has 0 saturated heterocycles. The van der Waals surface area contributed by atoms with Crippen molar-refractivity contribution in [2.75, 3.05) is 9.80 Å². The van der Waals surface area contributed by atoms with Crippen LogP contribution in [0.4, 0.5) is 22.7 Å². The summed E-state index contributed by atoms with van der Waals surface area (Å²) in [5.74, 6) is 2.15. The van der Waals surface area contributed by atoms with Crippen LogP contribution in [-0.2, 0) is 31.9 Å². The average molecular weight is 969 g/mol. The predicted molar refractivity (Wildman–Crippen MR) is 244 cm³/mol. The first-order chi connectivity index (χ1) is 27.8. The molecule has 4 heterocycles. The van der Waals surface area contributed by atoms with Crippen LogP contribution in [0.25, 0.3) is 47.8 Å². The van der Waals surface area contributed by atoms with Crippen molar-refractivity contribution in [3.63, 3.8) is 0 Å². The maximum absolute atomic E-state index is 6.99. The summed E-state index contributed by atoms with van der Waals surface area (Å²) in [5, 5.41) is 4.69. The topological polar surface area (TPSA) is 33.5 Å². The zero-order valence-electron chi connectivity index (χ0n) is 34.5. The van der Waals surface area contributed by atoms with Gasteiger partial charge < -0.3 is 19.1 Å². The molecule has 59 heavy (non-hydrogen) atoms. The molecule has 1 aliphatic rings. The number of benzene rings is 6. The van der Waals surface area contributed by atoms with Crippen LogP contribution in [0.1, 0.15) is 63.8 Å². The molecule has 0 bridgehead atoms. The maximum atomic E-state index is 6.99. The molecule has 0 saturated carbocycles. The number of hydrogen-bond donors (Lipinski definition) is 0. The molecule has 0 unspecified atom stereocenters. The van der Waals surface area contributed by atoms with Gasteiger partial charge in [0.25, 0.3) is 0 Å². The molecule has 0 N–H and O–H groups in total. The predicted octanol–water partition coefficient (Wildman–Crippen LogP) is 14.6. The summed E-state index contributed by atoms with van der Waals surface area (Å²) < 4.78 is 11.5. The van der Waals surface area contributed by atoms with Crippen LogP contribution in [-0.4, -0.2) is 9.55 Å². The maximum Gasteiger partial charge on any atom is 0.135 e. The van der Waals surface area contributed by atoms with E-state index in [-0.39, 0.29) is 31.9 Å². The number of ether oxygens (including phenoxy) is 1. The van der Waals surface area contributed by atoms with Crippen molar-refractivity contribution in [3.05, 3.63) is 163 Å². The number of aromatic nitrogens is 2. The molecule has 6 aromatic carbocycles. The molecular formula is C52H45N4OPtS-3. The van der Waals surface area contributed by atoms with Crippen molar-refractivity contribution < 1.29 is 25.8 Å². The first-order valence-corrected chi connectivity index (χ1v) is 20.8. The SMILES string of the molecule is Cc1cc(C(C)(C)C)cc(C)c1N1[CH-]N(c2[c-]c(Oc3[c-]c4c(c5ccccc5n4-c4cc(C(C)(C)C)ccn4)c4c3sc3ccccc34)ccc2)c2ccccc21.[Pt]. The minimum atomic E-state index is -0.0367. The van der Waals surface area contributed by atoms with Crippen LogP contribution in [0.2, 0.25) is 0 Å². The Labute approximate surface area is 365 Å². The molecule has 0 atom stereocenters. The van der Waals surface area contributed by atoms with E-state index >= 15 is 0 Å². The average Bonchev–Trinajstić information content (AvgIpc) is 3.87. The zero-order valence-corrected chi connectivity index (χ0v) is 37.6. The van der Waals surface area contributed by atoms with Gasteiger partial charge in [-0.2, -0.15) is 6.07 Å². The molecule has 0 amide bonds. The van der Waals surface area contributed by atoms with Crippen molar-refractivity contribution in [1.82, 2.24) is 9.55 Å². The normalized spacial score (nSPS) is 13.2. The van der Waals surface area contributed by atoms with Gasteiger partial charge in [-0.15, -0.1) is 36.6 Å². The van der Waals surface area contributed by atoms with Gasteiger partial charge in [-0.25, -0.2) is 16.3 Å². The Morgan fingerprint density at radius 2 is 1.32 bits per heavy atom. The van der Waals surface area contributed by atoms with Gasteiger partial charge in [0.15, 0.2) is 0 Å². The van der Waals surface area contributed by atoms with Gasteiger partial charge in [0.2, 0.25) is 0 Å². The number of thiophene rings is 1. The van der Waals surface area contributed by atoms with Gasteiger partial charge in [0.05, 0.1) is 0 Å². The second-order valence-corrected chi connectivity index (χ2v) is 18.6. The summed E-state index contributed by atoms with van der Waals surface area (Å²) in [5.41, 5.74) is 11.4. The Morgan fingerprint density at radius 1 is 0.661 bits per heavy atom. The Hall–Kier alpha value is -5.42. The number of aryl methyl sites for hydroxylation is 2. The zero-order chi connectivity index (χ0) is 40.1. The van der Waals surface area contributed by atoms with E-state index in [0.29, 0.717) is 11.5 Å². The molecule has 3 aromatic heterocycles. The number of para-hydroxylation sites is 3. The molecule has 0 radical (unpaired) electrons. The van der Waals surface area contributed by atoms with E-state index in [2.05, 4.69) is 198 Å². The molecule has 0 spiro atoms. The number of fused-ring (bicyclic) bond motifs is 8. The van der Waals surface area contributed by atoms with Gasteiger partial charge in [-0.3, -0.25) is 0 Å². The monoisotopic (exact) mass is 968 g/mol. The molecule has 5 nitrogen and oxygen atoms in total. The minimum absolute atomic E-state index is 0. The summed E-state index contributed by atoms with van der Waals surface area (Å²) in [6.07, 6.45) is 1.92. The molecule has 1 aliphatic heterocycles. The molecule has 0 aliphatic carbocycles. The Kier molecular flexibility index (Phi) is 9.53. The molecule has 298 valence electrons. The first-order valence-electron chi connectivity index (χ1n) is 20.0. The third-order valence-electron chi connectivity index (χ3n) is 11.5. The number of anilines is 4. The van der Waals surface area contributed by atoms with E-state index < -0.39 is 0 Å². The number of nitrogens with zero attached hydrogens (tertiary/aromatic N) is 4. The molecular weight excluding hydrogens is 924 g/mol. The van der Waals surface area contributed by atoms with Crippen molar-refractivity contribution in [2.45, 2.75) is 66.2 Å².